The summed E-state index contributed by atoms with van der Waals surface area (Å²) in [4.78, 5) is 0. The Bertz CT molecular complexity index is 702. The Morgan fingerprint density at radius 3 is 2.32 bits per heavy atom. The summed E-state index contributed by atoms with van der Waals surface area (Å²) in [7, 11) is 0. The van der Waals surface area contributed by atoms with Crippen molar-refractivity contribution in [2.75, 3.05) is 0 Å². The van der Waals surface area contributed by atoms with E-state index >= 15 is 0 Å². The first-order valence-electron chi connectivity index (χ1n) is 5.79. The van der Waals surface area contributed by atoms with Gasteiger partial charge < -0.3 is 0 Å². The predicted octanol–water partition coefficient (Wildman–Crippen LogP) is 3.82. The van der Waals surface area contributed by atoms with E-state index in [-0.39, 0.29) is 11.6 Å². The topological polar surface area (TPSA) is 17.8 Å². The molecule has 0 radical (unpaired) electrons. The van der Waals surface area contributed by atoms with Crippen molar-refractivity contribution in [3.05, 3.63) is 72.6 Å². The van der Waals surface area contributed by atoms with E-state index < -0.39 is 0 Å². The number of benzene rings is 2. The maximum Gasteiger partial charge on any atom is 0.148 e. The summed E-state index contributed by atoms with van der Waals surface area (Å²) in [6.07, 6.45) is 3.34. The van der Waals surface area contributed by atoms with E-state index in [1.165, 1.54) is 22.9 Å². The van der Waals surface area contributed by atoms with Gasteiger partial charge in [-0.05, 0) is 29.8 Å². The molecule has 0 aliphatic carbocycles. The van der Waals surface area contributed by atoms with Gasteiger partial charge in [0.05, 0.1) is 6.20 Å². The van der Waals surface area contributed by atoms with Crippen molar-refractivity contribution in [1.82, 2.24) is 9.78 Å². The molecule has 0 spiro atoms. The highest BCUT2D eigenvalue weighted by molar-refractivity contribution is 5.62. The highest BCUT2D eigenvalue weighted by atomic mass is 19.1. The number of nitrogens with zero attached hydrogens (tertiary/aromatic N) is 2. The van der Waals surface area contributed by atoms with Crippen LogP contribution in [0.2, 0.25) is 0 Å². The van der Waals surface area contributed by atoms with Crippen molar-refractivity contribution in [1.29, 1.82) is 0 Å². The normalized spacial score (nSPS) is 10.6. The molecule has 0 saturated carbocycles. The summed E-state index contributed by atoms with van der Waals surface area (Å²) in [6, 6.07) is 12.5. The van der Waals surface area contributed by atoms with Crippen molar-refractivity contribution >= 4 is 0 Å². The molecule has 94 valence electrons. The van der Waals surface area contributed by atoms with E-state index in [0.29, 0.717) is 5.69 Å². The molecule has 0 aliphatic rings. The van der Waals surface area contributed by atoms with Gasteiger partial charge in [-0.2, -0.15) is 5.10 Å². The summed E-state index contributed by atoms with van der Waals surface area (Å²) in [5.41, 5.74) is 2.03. The average Bonchev–Trinajstić information content (AvgIpc) is 2.89. The molecule has 0 unspecified atom stereocenters. The minimum atomic E-state index is -0.337. The minimum Gasteiger partial charge on any atom is -0.237 e. The van der Waals surface area contributed by atoms with Gasteiger partial charge in [0.2, 0.25) is 0 Å². The maximum absolute atomic E-state index is 13.6. The molecule has 4 heteroatoms. The maximum atomic E-state index is 13.6. The first kappa shape index (κ1) is 11.6. The van der Waals surface area contributed by atoms with Gasteiger partial charge in [0.15, 0.2) is 0 Å². The summed E-state index contributed by atoms with van der Waals surface area (Å²) in [6.45, 7) is 0. The van der Waals surface area contributed by atoms with Crippen molar-refractivity contribution in [2.24, 2.45) is 0 Å². The SMILES string of the molecule is Fc1ccc(-c2cnn(-c3ccccc3F)c2)cc1. The molecule has 0 atom stereocenters. The second kappa shape index (κ2) is 4.65. The number of hydrogen-bond donors (Lipinski definition) is 0. The van der Waals surface area contributed by atoms with Crippen LogP contribution >= 0.6 is 0 Å². The first-order chi connectivity index (χ1) is 9.24. The van der Waals surface area contributed by atoms with Gasteiger partial charge in [-0.1, -0.05) is 24.3 Å². The van der Waals surface area contributed by atoms with Crippen molar-refractivity contribution in [2.45, 2.75) is 0 Å². The lowest BCUT2D eigenvalue weighted by Crippen LogP contribution is -1.96. The van der Waals surface area contributed by atoms with E-state index in [0.717, 1.165) is 11.1 Å². The van der Waals surface area contributed by atoms with Crippen LogP contribution in [0.25, 0.3) is 16.8 Å². The fourth-order valence-electron chi connectivity index (χ4n) is 1.88. The van der Waals surface area contributed by atoms with Gasteiger partial charge in [0.25, 0.3) is 0 Å². The zero-order chi connectivity index (χ0) is 13.2. The number of aromatic nitrogens is 2. The van der Waals surface area contributed by atoms with Gasteiger partial charge in [-0.25, -0.2) is 13.5 Å². The van der Waals surface area contributed by atoms with E-state index in [4.69, 9.17) is 0 Å². The smallest absolute Gasteiger partial charge is 0.148 e. The van der Waals surface area contributed by atoms with Crippen LogP contribution in [0.5, 0.6) is 0 Å². The summed E-state index contributed by atoms with van der Waals surface area (Å²) >= 11 is 0. The van der Waals surface area contributed by atoms with Gasteiger partial charge in [0.1, 0.15) is 17.3 Å². The molecule has 1 heterocycles. The Labute approximate surface area is 108 Å². The Kier molecular flexibility index (Phi) is 2.83. The Morgan fingerprint density at radius 2 is 1.58 bits per heavy atom. The second-order valence-electron chi connectivity index (χ2n) is 4.13. The van der Waals surface area contributed by atoms with E-state index in [1.54, 1.807) is 42.7 Å². The Balaban J connectivity index is 2.00. The minimum absolute atomic E-state index is 0.287. The molecule has 19 heavy (non-hydrogen) atoms. The number of halogens is 2. The first-order valence-corrected chi connectivity index (χ1v) is 5.79. The van der Waals surface area contributed by atoms with Gasteiger partial charge >= 0.3 is 0 Å². The highest BCUT2D eigenvalue weighted by Crippen LogP contribution is 2.21. The third kappa shape index (κ3) is 2.25. The fourth-order valence-corrected chi connectivity index (χ4v) is 1.88. The van der Waals surface area contributed by atoms with Crippen LogP contribution in [0.15, 0.2) is 60.9 Å². The molecular formula is C15H10F2N2. The van der Waals surface area contributed by atoms with Crippen LogP contribution in [0, 0.1) is 11.6 Å². The van der Waals surface area contributed by atoms with Gasteiger partial charge in [0, 0.05) is 11.8 Å². The fraction of sp³-hybridized carbons (Fsp3) is 0. The van der Waals surface area contributed by atoms with Gasteiger partial charge in [-0.3, -0.25) is 0 Å². The van der Waals surface area contributed by atoms with E-state index in [9.17, 15) is 8.78 Å². The molecule has 0 fully saturated rings. The highest BCUT2D eigenvalue weighted by Gasteiger charge is 2.06. The molecule has 0 bridgehead atoms. The lowest BCUT2D eigenvalue weighted by Gasteiger charge is -2.01. The van der Waals surface area contributed by atoms with Gasteiger partial charge in [-0.15, -0.1) is 0 Å². The number of hydrogen-bond acceptors (Lipinski definition) is 1. The Morgan fingerprint density at radius 1 is 0.842 bits per heavy atom. The summed E-state index contributed by atoms with van der Waals surface area (Å²) < 4.78 is 28.0. The molecule has 0 aliphatic heterocycles. The van der Waals surface area contributed by atoms with Crippen LogP contribution < -0.4 is 0 Å². The van der Waals surface area contributed by atoms with Crippen molar-refractivity contribution < 1.29 is 8.78 Å². The largest absolute Gasteiger partial charge is 0.237 e. The van der Waals surface area contributed by atoms with Crippen LogP contribution in [-0.4, -0.2) is 9.78 Å². The third-order valence-electron chi connectivity index (χ3n) is 2.86. The van der Waals surface area contributed by atoms with Crippen LogP contribution in [0.1, 0.15) is 0 Å². The standard InChI is InChI=1S/C15H10F2N2/c16-13-7-5-11(6-8-13)12-9-18-19(10-12)15-4-2-1-3-14(15)17/h1-10H. The lowest BCUT2D eigenvalue weighted by atomic mass is 10.1. The van der Waals surface area contributed by atoms with E-state index in [2.05, 4.69) is 5.10 Å². The van der Waals surface area contributed by atoms with Crippen LogP contribution in [-0.2, 0) is 0 Å². The molecule has 0 N–H and O–H groups in total. The quantitative estimate of drug-likeness (QED) is 0.681. The van der Waals surface area contributed by atoms with E-state index in [1.807, 2.05) is 0 Å². The zero-order valence-corrected chi connectivity index (χ0v) is 9.92. The Hall–Kier alpha value is -2.49. The summed E-state index contributed by atoms with van der Waals surface area (Å²) in [5.74, 6) is -0.624. The molecule has 2 aromatic carbocycles. The monoisotopic (exact) mass is 256 g/mol. The third-order valence-corrected chi connectivity index (χ3v) is 2.86. The molecule has 0 amide bonds. The molecule has 3 aromatic rings. The number of rotatable bonds is 2. The molecule has 1 aromatic heterocycles. The molecule has 0 saturated heterocycles. The second-order valence-corrected chi connectivity index (χ2v) is 4.13. The molecule has 2 nitrogen and oxygen atoms in total. The van der Waals surface area contributed by atoms with Crippen LogP contribution in [0.4, 0.5) is 8.78 Å². The lowest BCUT2D eigenvalue weighted by molar-refractivity contribution is 0.611. The van der Waals surface area contributed by atoms with Crippen molar-refractivity contribution in [3.63, 3.8) is 0 Å². The zero-order valence-electron chi connectivity index (χ0n) is 9.92. The van der Waals surface area contributed by atoms with Crippen molar-refractivity contribution in [3.8, 4) is 16.8 Å². The molecule has 3 rings (SSSR count). The summed E-state index contributed by atoms with van der Waals surface area (Å²) in [5, 5.41) is 4.13. The predicted molar refractivity (Wildman–Crippen MR) is 68.9 cm³/mol. The number of para-hydroxylation sites is 1. The molecular weight excluding hydrogens is 246 g/mol. The van der Waals surface area contributed by atoms with Crippen LogP contribution in [0.3, 0.4) is 0 Å². The average molecular weight is 256 g/mol.